The summed E-state index contributed by atoms with van der Waals surface area (Å²) in [6.45, 7) is 1.23. The van der Waals surface area contributed by atoms with Crippen molar-refractivity contribution in [3.8, 4) is 0 Å². The van der Waals surface area contributed by atoms with Crippen molar-refractivity contribution in [2.75, 3.05) is 0 Å². The Bertz CT molecular complexity index is 595. The molecule has 0 aliphatic carbocycles. The summed E-state index contributed by atoms with van der Waals surface area (Å²) in [6, 6.07) is 15.5. The Morgan fingerprint density at radius 3 is 2.56 bits per heavy atom. The quantitative estimate of drug-likeness (QED) is 0.806. The fraction of sp³-hybridized carbons (Fsp3) is 0.133. The third-order valence-corrected chi connectivity index (χ3v) is 3.56. The first-order valence-electron chi connectivity index (χ1n) is 5.86. The molecule has 0 atom stereocenters. The molecule has 3 heteroatoms. The zero-order chi connectivity index (χ0) is 12.5. The second kappa shape index (κ2) is 4.46. The standard InChI is InChI=1S/C15H12ClNO/c16-14-8-4-7-12-13(14)10-17(15(12)18)9-11-5-2-1-3-6-11/h1-8H,9-10H2. The first-order valence-corrected chi connectivity index (χ1v) is 6.24. The minimum Gasteiger partial charge on any atom is -0.330 e. The smallest absolute Gasteiger partial charge is 0.254 e. The van der Waals surface area contributed by atoms with Crippen molar-refractivity contribution in [3.63, 3.8) is 0 Å². The van der Waals surface area contributed by atoms with Crippen molar-refractivity contribution >= 4 is 17.5 Å². The molecule has 0 radical (unpaired) electrons. The van der Waals surface area contributed by atoms with E-state index in [9.17, 15) is 4.79 Å². The third-order valence-electron chi connectivity index (χ3n) is 3.20. The molecule has 2 aromatic rings. The zero-order valence-electron chi connectivity index (χ0n) is 9.77. The Labute approximate surface area is 111 Å². The summed E-state index contributed by atoms with van der Waals surface area (Å²) in [7, 11) is 0. The molecule has 0 saturated heterocycles. The van der Waals surface area contributed by atoms with Gasteiger partial charge in [-0.2, -0.15) is 0 Å². The van der Waals surface area contributed by atoms with E-state index in [1.807, 2.05) is 53.4 Å². The second-order valence-corrected chi connectivity index (χ2v) is 4.82. The highest BCUT2D eigenvalue weighted by Gasteiger charge is 2.28. The van der Waals surface area contributed by atoms with Gasteiger partial charge < -0.3 is 4.90 Å². The van der Waals surface area contributed by atoms with Crippen LogP contribution in [-0.4, -0.2) is 10.8 Å². The van der Waals surface area contributed by atoms with Gasteiger partial charge >= 0.3 is 0 Å². The third kappa shape index (κ3) is 1.89. The zero-order valence-corrected chi connectivity index (χ0v) is 10.5. The maximum Gasteiger partial charge on any atom is 0.254 e. The van der Waals surface area contributed by atoms with Crippen molar-refractivity contribution in [1.29, 1.82) is 0 Å². The van der Waals surface area contributed by atoms with E-state index in [0.717, 1.165) is 16.7 Å². The topological polar surface area (TPSA) is 20.3 Å². The van der Waals surface area contributed by atoms with Gasteiger partial charge in [-0.1, -0.05) is 48.0 Å². The van der Waals surface area contributed by atoms with Crippen molar-refractivity contribution in [2.24, 2.45) is 0 Å². The van der Waals surface area contributed by atoms with Gasteiger partial charge in [-0.05, 0) is 17.7 Å². The lowest BCUT2D eigenvalue weighted by molar-refractivity contribution is 0.0767. The van der Waals surface area contributed by atoms with Crippen LogP contribution in [0.3, 0.4) is 0 Å². The monoisotopic (exact) mass is 257 g/mol. The Morgan fingerprint density at radius 1 is 1.06 bits per heavy atom. The van der Waals surface area contributed by atoms with Crippen molar-refractivity contribution in [2.45, 2.75) is 13.1 Å². The van der Waals surface area contributed by atoms with E-state index in [1.165, 1.54) is 0 Å². The number of fused-ring (bicyclic) bond motifs is 1. The lowest BCUT2D eigenvalue weighted by Gasteiger charge is -2.15. The van der Waals surface area contributed by atoms with Gasteiger partial charge in [0.15, 0.2) is 0 Å². The highest BCUT2D eigenvalue weighted by atomic mass is 35.5. The van der Waals surface area contributed by atoms with Gasteiger partial charge in [0, 0.05) is 29.2 Å². The number of hydrogen-bond donors (Lipinski definition) is 0. The Morgan fingerprint density at radius 2 is 1.83 bits per heavy atom. The molecule has 0 N–H and O–H groups in total. The summed E-state index contributed by atoms with van der Waals surface area (Å²) in [6.07, 6.45) is 0. The number of nitrogens with zero attached hydrogens (tertiary/aromatic N) is 1. The van der Waals surface area contributed by atoms with Crippen LogP contribution in [-0.2, 0) is 13.1 Å². The molecule has 0 spiro atoms. The van der Waals surface area contributed by atoms with Gasteiger partial charge in [0.25, 0.3) is 5.91 Å². The van der Waals surface area contributed by atoms with E-state index in [4.69, 9.17) is 11.6 Å². The van der Waals surface area contributed by atoms with Crippen LogP contribution in [0.4, 0.5) is 0 Å². The molecule has 18 heavy (non-hydrogen) atoms. The highest BCUT2D eigenvalue weighted by Crippen LogP contribution is 2.29. The summed E-state index contributed by atoms with van der Waals surface area (Å²) in [5.41, 5.74) is 2.81. The Balaban J connectivity index is 1.87. The first-order chi connectivity index (χ1) is 8.75. The van der Waals surface area contributed by atoms with E-state index in [2.05, 4.69) is 0 Å². The number of rotatable bonds is 2. The largest absolute Gasteiger partial charge is 0.330 e. The van der Waals surface area contributed by atoms with Crippen LogP contribution in [0.15, 0.2) is 48.5 Å². The molecule has 2 aromatic carbocycles. The summed E-state index contributed by atoms with van der Waals surface area (Å²) in [5, 5.41) is 0.677. The maximum absolute atomic E-state index is 12.2. The lowest BCUT2D eigenvalue weighted by atomic mass is 10.1. The molecule has 2 nitrogen and oxygen atoms in total. The molecule has 0 aromatic heterocycles. The lowest BCUT2D eigenvalue weighted by Crippen LogP contribution is -2.23. The number of carbonyl (C=O) groups excluding carboxylic acids is 1. The van der Waals surface area contributed by atoms with Crippen LogP contribution in [0.25, 0.3) is 0 Å². The van der Waals surface area contributed by atoms with Crippen LogP contribution in [0.2, 0.25) is 5.02 Å². The molecule has 0 bridgehead atoms. The molecule has 1 aliphatic rings. The SMILES string of the molecule is O=C1c2cccc(Cl)c2CN1Cc1ccccc1. The van der Waals surface area contributed by atoms with Gasteiger partial charge in [-0.25, -0.2) is 0 Å². The number of hydrogen-bond acceptors (Lipinski definition) is 1. The number of carbonyl (C=O) groups is 1. The normalized spacial score (nSPS) is 13.8. The van der Waals surface area contributed by atoms with Gasteiger partial charge in [-0.3, -0.25) is 4.79 Å². The average Bonchev–Trinajstić information content (AvgIpc) is 2.70. The van der Waals surface area contributed by atoms with Crippen LogP contribution in [0, 0.1) is 0 Å². The number of benzene rings is 2. The number of amides is 1. The Hall–Kier alpha value is -1.80. The van der Waals surface area contributed by atoms with E-state index in [-0.39, 0.29) is 5.91 Å². The summed E-state index contributed by atoms with van der Waals surface area (Å²) in [4.78, 5) is 14.0. The van der Waals surface area contributed by atoms with E-state index >= 15 is 0 Å². The molecular weight excluding hydrogens is 246 g/mol. The van der Waals surface area contributed by atoms with Gasteiger partial charge in [0.2, 0.25) is 0 Å². The van der Waals surface area contributed by atoms with Gasteiger partial charge in [0.1, 0.15) is 0 Å². The van der Waals surface area contributed by atoms with Crippen molar-refractivity contribution < 1.29 is 4.79 Å². The molecule has 1 heterocycles. The summed E-state index contributed by atoms with van der Waals surface area (Å²) >= 11 is 6.12. The molecule has 3 rings (SSSR count). The Kier molecular flexibility index (Phi) is 2.80. The van der Waals surface area contributed by atoms with Crippen LogP contribution in [0.1, 0.15) is 21.5 Å². The molecule has 90 valence electrons. The molecule has 1 amide bonds. The molecule has 0 unspecified atom stereocenters. The van der Waals surface area contributed by atoms with Crippen molar-refractivity contribution in [1.82, 2.24) is 4.90 Å². The molecule has 0 saturated carbocycles. The first kappa shape index (κ1) is 11.3. The highest BCUT2D eigenvalue weighted by molar-refractivity contribution is 6.32. The minimum absolute atomic E-state index is 0.0661. The molecular formula is C15H12ClNO. The van der Waals surface area contributed by atoms with Gasteiger partial charge in [0.05, 0.1) is 0 Å². The second-order valence-electron chi connectivity index (χ2n) is 4.41. The van der Waals surface area contributed by atoms with E-state index < -0.39 is 0 Å². The predicted molar refractivity (Wildman–Crippen MR) is 71.5 cm³/mol. The fourth-order valence-electron chi connectivity index (χ4n) is 2.28. The van der Waals surface area contributed by atoms with Crippen LogP contribution < -0.4 is 0 Å². The summed E-state index contributed by atoms with van der Waals surface area (Å²) in [5.74, 6) is 0.0661. The maximum atomic E-state index is 12.2. The minimum atomic E-state index is 0.0661. The number of halogens is 1. The molecule has 0 fully saturated rings. The van der Waals surface area contributed by atoms with Crippen LogP contribution in [0.5, 0.6) is 0 Å². The van der Waals surface area contributed by atoms with Crippen LogP contribution >= 0.6 is 11.6 Å². The molecule has 1 aliphatic heterocycles. The fourth-order valence-corrected chi connectivity index (χ4v) is 2.52. The van der Waals surface area contributed by atoms with Gasteiger partial charge in [-0.15, -0.1) is 0 Å². The van der Waals surface area contributed by atoms with E-state index in [1.54, 1.807) is 0 Å². The average molecular weight is 258 g/mol. The van der Waals surface area contributed by atoms with Crippen molar-refractivity contribution in [3.05, 3.63) is 70.2 Å². The van der Waals surface area contributed by atoms with E-state index in [0.29, 0.717) is 18.1 Å². The predicted octanol–water partition coefficient (Wildman–Crippen LogP) is 3.50. The summed E-state index contributed by atoms with van der Waals surface area (Å²) < 4.78 is 0.